The average Bonchev–Trinajstić information content (AvgIpc) is 3.01. The van der Waals surface area contributed by atoms with E-state index < -0.39 is 6.10 Å². The Kier molecular flexibility index (Phi) is 3.22. The van der Waals surface area contributed by atoms with E-state index in [1.54, 1.807) is 6.92 Å². The summed E-state index contributed by atoms with van der Waals surface area (Å²) in [6, 6.07) is 1.53. The minimum Gasteiger partial charge on any atom is -0.388 e. The van der Waals surface area contributed by atoms with Gasteiger partial charge in [0.1, 0.15) is 0 Å². The molecule has 1 aliphatic carbocycles. The van der Waals surface area contributed by atoms with Crippen molar-refractivity contribution in [3.05, 3.63) is 21.1 Å². The van der Waals surface area contributed by atoms with Crippen LogP contribution in [0.1, 0.15) is 37.2 Å². The van der Waals surface area contributed by atoms with Crippen LogP contribution >= 0.6 is 11.3 Å². The second-order valence-electron chi connectivity index (χ2n) is 5.63. The van der Waals surface area contributed by atoms with E-state index in [-0.39, 0.29) is 10.6 Å². The lowest BCUT2D eigenvalue weighted by Gasteiger charge is -2.16. The summed E-state index contributed by atoms with van der Waals surface area (Å²) < 4.78 is 0. The molecule has 1 aliphatic heterocycles. The van der Waals surface area contributed by atoms with E-state index in [2.05, 4.69) is 4.90 Å². The molecular weight excluding hydrogens is 264 g/mol. The fraction of sp³-hybridized carbons (Fsp3) is 0.692. The molecule has 3 atom stereocenters. The number of aliphatic hydroxyl groups excluding tert-OH is 1. The second-order valence-corrected chi connectivity index (χ2v) is 6.69. The third-order valence-corrected chi connectivity index (χ3v) is 5.69. The van der Waals surface area contributed by atoms with Gasteiger partial charge in [-0.15, -0.1) is 11.3 Å². The molecule has 0 amide bonds. The lowest BCUT2D eigenvalue weighted by molar-refractivity contribution is -0.383. The molecule has 3 rings (SSSR count). The molecule has 2 fully saturated rings. The number of fused-ring (bicyclic) bond motifs is 1. The number of nitro groups is 1. The topological polar surface area (TPSA) is 66.6 Å². The monoisotopic (exact) mass is 282 g/mol. The first-order valence-electron chi connectivity index (χ1n) is 6.77. The maximum atomic E-state index is 11.2. The van der Waals surface area contributed by atoms with Gasteiger partial charge in [-0.1, -0.05) is 6.42 Å². The zero-order valence-electron chi connectivity index (χ0n) is 10.9. The highest BCUT2D eigenvalue weighted by molar-refractivity contribution is 7.16. The maximum absolute atomic E-state index is 11.2. The largest absolute Gasteiger partial charge is 0.388 e. The fourth-order valence-corrected chi connectivity index (χ4v) is 4.43. The normalized spacial score (nSPS) is 27.6. The van der Waals surface area contributed by atoms with Crippen molar-refractivity contribution in [3.63, 3.8) is 0 Å². The molecule has 0 aromatic carbocycles. The number of nitrogens with zero attached hydrogens (tertiary/aromatic N) is 2. The van der Waals surface area contributed by atoms with Crippen LogP contribution in [0.5, 0.6) is 0 Å². The zero-order chi connectivity index (χ0) is 13.6. The minimum absolute atomic E-state index is 0.154. The smallest absolute Gasteiger partial charge is 0.304 e. The summed E-state index contributed by atoms with van der Waals surface area (Å²) in [6.07, 6.45) is 3.17. The second kappa shape index (κ2) is 4.76. The number of thiophene rings is 1. The van der Waals surface area contributed by atoms with Crippen molar-refractivity contribution in [2.24, 2.45) is 11.8 Å². The van der Waals surface area contributed by atoms with Gasteiger partial charge in [-0.25, -0.2) is 0 Å². The molecule has 1 saturated carbocycles. The summed E-state index contributed by atoms with van der Waals surface area (Å²) in [5, 5.41) is 21.5. The molecular formula is C13H18N2O3S. The van der Waals surface area contributed by atoms with Gasteiger partial charge in [0.25, 0.3) is 0 Å². The maximum Gasteiger partial charge on any atom is 0.304 e. The Morgan fingerprint density at radius 3 is 2.63 bits per heavy atom. The van der Waals surface area contributed by atoms with Gasteiger partial charge < -0.3 is 10.0 Å². The fourth-order valence-electron chi connectivity index (χ4n) is 3.35. The van der Waals surface area contributed by atoms with Crippen LogP contribution in [-0.2, 0) is 0 Å². The minimum atomic E-state index is -0.639. The van der Waals surface area contributed by atoms with Gasteiger partial charge in [0, 0.05) is 24.0 Å². The van der Waals surface area contributed by atoms with Gasteiger partial charge in [-0.2, -0.15) is 0 Å². The molecule has 1 aromatic rings. The molecule has 1 aromatic heterocycles. The van der Waals surface area contributed by atoms with E-state index in [9.17, 15) is 15.2 Å². The molecule has 1 N–H and O–H groups in total. The predicted octanol–water partition coefficient (Wildman–Crippen LogP) is 2.95. The van der Waals surface area contributed by atoms with Gasteiger partial charge in [0.15, 0.2) is 5.00 Å². The van der Waals surface area contributed by atoms with Crippen molar-refractivity contribution in [1.29, 1.82) is 0 Å². The number of hydrogen-bond donors (Lipinski definition) is 1. The molecule has 19 heavy (non-hydrogen) atoms. The summed E-state index contributed by atoms with van der Waals surface area (Å²) >= 11 is 1.37. The molecule has 3 unspecified atom stereocenters. The van der Waals surface area contributed by atoms with Gasteiger partial charge in [-0.3, -0.25) is 10.1 Å². The molecule has 5 nitrogen and oxygen atoms in total. The van der Waals surface area contributed by atoms with Crippen molar-refractivity contribution in [2.45, 2.75) is 32.3 Å². The van der Waals surface area contributed by atoms with E-state index in [0.717, 1.165) is 18.1 Å². The van der Waals surface area contributed by atoms with Gasteiger partial charge >= 0.3 is 5.69 Å². The van der Waals surface area contributed by atoms with Crippen LogP contribution in [0.3, 0.4) is 0 Å². The molecule has 104 valence electrons. The molecule has 2 heterocycles. The van der Waals surface area contributed by atoms with Crippen LogP contribution in [0.2, 0.25) is 0 Å². The molecule has 1 saturated heterocycles. The number of aliphatic hydroxyl groups is 1. The van der Waals surface area contributed by atoms with E-state index in [1.165, 1.54) is 36.7 Å². The quantitative estimate of drug-likeness (QED) is 0.683. The highest BCUT2D eigenvalue weighted by Crippen LogP contribution is 2.46. The lowest BCUT2D eigenvalue weighted by Crippen LogP contribution is -2.20. The third kappa shape index (κ3) is 2.23. The summed E-state index contributed by atoms with van der Waals surface area (Å²) in [4.78, 5) is 13.7. The molecule has 0 bridgehead atoms. The Morgan fingerprint density at radius 1 is 1.47 bits per heavy atom. The summed E-state index contributed by atoms with van der Waals surface area (Å²) in [5.41, 5.74) is 0.154. The van der Waals surface area contributed by atoms with Gasteiger partial charge in [-0.05, 0) is 31.6 Å². The van der Waals surface area contributed by atoms with Gasteiger partial charge in [0.05, 0.1) is 11.0 Å². The van der Waals surface area contributed by atoms with Crippen LogP contribution in [0.15, 0.2) is 6.07 Å². The Morgan fingerprint density at radius 2 is 2.11 bits per heavy atom. The first kappa shape index (κ1) is 12.9. The summed E-state index contributed by atoms with van der Waals surface area (Å²) in [6.45, 7) is 3.52. The molecule has 6 heteroatoms. The highest BCUT2D eigenvalue weighted by atomic mass is 32.1. The van der Waals surface area contributed by atoms with E-state index >= 15 is 0 Å². The lowest BCUT2D eigenvalue weighted by atomic mass is 10.0. The first-order valence-corrected chi connectivity index (χ1v) is 7.59. The van der Waals surface area contributed by atoms with Crippen LogP contribution in [0.25, 0.3) is 0 Å². The van der Waals surface area contributed by atoms with Crippen LogP contribution in [-0.4, -0.2) is 23.1 Å². The highest BCUT2D eigenvalue weighted by Gasteiger charge is 2.39. The van der Waals surface area contributed by atoms with Crippen molar-refractivity contribution in [3.8, 4) is 0 Å². The Balaban J connectivity index is 1.89. The Hall–Kier alpha value is -1.14. The molecule has 2 aliphatic rings. The number of hydrogen-bond acceptors (Lipinski definition) is 5. The summed E-state index contributed by atoms with van der Waals surface area (Å²) in [5.74, 6) is 1.41. The van der Waals surface area contributed by atoms with Crippen molar-refractivity contribution >= 4 is 22.0 Å². The van der Waals surface area contributed by atoms with Crippen molar-refractivity contribution < 1.29 is 10.0 Å². The molecule has 0 radical (unpaired) electrons. The van der Waals surface area contributed by atoms with E-state index in [1.807, 2.05) is 0 Å². The molecule has 0 spiro atoms. The van der Waals surface area contributed by atoms with Crippen molar-refractivity contribution in [2.75, 3.05) is 18.0 Å². The van der Waals surface area contributed by atoms with E-state index in [0.29, 0.717) is 16.7 Å². The SMILES string of the molecule is CC(O)c1cc([N+](=O)[O-])c(N2CC3CCCC3C2)s1. The van der Waals surface area contributed by atoms with E-state index in [4.69, 9.17) is 0 Å². The Labute approximate surface area is 116 Å². The number of rotatable bonds is 3. The van der Waals surface area contributed by atoms with Crippen LogP contribution in [0.4, 0.5) is 10.7 Å². The average molecular weight is 282 g/mol. The summed E-state index contributed by atoms with van der Waals surface area (Å²) in [7, 11) is 0. The van der Waals surface area contributed by atoms with Crippen LogP contribution < -0.4 is 4.90 Å². The van der Waals surface area contributed by atoms with Crippen molar-refractivity contribution in [1.82, 2.24) is 0 Å². The first-order chi connectivity index (χ1) is 9.06. The predicted molar refractivity (Wildman–Crippen MR) is 74.7 cm³/mol. The number of anilines is 1. The van der Waals surface area contributed by atoms with Crippen LogP contribution in [0, 0.1) is 22.0 Å². The third-order valence-electron chi connectivity index (χ3n) is 4.33. The zero-order valence-corrected chi connectivity index (χ0v) is 11.7. The Bertz CT molecular complexity index is 488. The standard InChI is InChI=1S/C13H18N2O3S/c1-8(16)12-5-11(15(17)18)13(19-12)14-6-9-3-2-4-10(9)7-14/h5,8-10,16H,2-4,6-7H2,1H3. The van der Waals surface area contributed by atoms with Gasteiger partial charge in [0.2, 0.25) is 0 Å².